The molecule has 5 N–H and O–H groups in total. The van der Waals surface area contributed by atoms with Crippen molar-refractivity contribution in [2.45, 2.75) is 37.6 Å². The maximum Gasteiger partial charge on any atom is 0.229 e. The van der Waals surface area contributed by atoms with E-state index < -0.39 is 37.3 Å². The summed E-state index contributed by atoms with van der Waals surface area (Å²) in [6, 6.07) is 6.29. The van der Waals surface area contributed by atoms with Crippen LogP contribution in [0.5, 0.6) is 5.75 Å². The van der Waals surface area contributed by atoms with Crippen molar-refractivity contribution in [1.29, 1.82) is 0 Å². The van der Waals surface area contributed by atoms with Crippen molar-refractivity contribution in [3.63, 3.8) is 0 Å². The van der Waals surface area contributed by atoms with Crippen molar-refractivity contribution in [3.05, 3.63) is 24.3 Å². The summed E-state index contributed by atoms with van der Waals surface area (Å²) in [5.41, 5.74) is 0.577. The van der Waals surface area contributed by atoms with E-state index in [-0.39, 0.29) is 5.91 Å². The van der Waals surface area contributed by atoms with Gasteiger partial charge in [0, 0.05) is 12.6 Å². The van der Waals surface area contributed by atoms with Gasteiger partial charge in [0.2, 0.25) is 12.2 Å². The van der Waals surface area contributed by atoms with Gasteiger partial charge in [0.25, 0.3) is 0 Å². The Labute approximate surface area is 126 Å². The van der Waals surface area contributed by atoms with Gasteiger partial charge >= 0.3 is 0 Å². The minimum absolute atomic E-state index is 0.206. The molecule has 8 nitrogen and oxygen atoms in total. The van der Waals surface area contributed by atoms with Gasteiger partial charge in [-0.15, -0.1) is 0 Å². The van der Waals surface area contributed by atoms with Crippen molar-refractivity contribution >= 4 is 11.6 Å². The summed E-state index contributed by atoms with van der Waals surface area (Å²) in [4.78, 5) is 10.9. The standard InChI is InChI=1S/C14H19NO7/c1-7(17)15-8-2-4-9(5-3-8)21-14-13(20)12(19)11(18)10(6-16)22-14/h2-5,10-14,16,18-20H,6H2,1H3,(H,15,17)/t10?,11-,12?,13+,14+/m1/s1. The largest absolute Gasteiger partial charge is 0.462 e. The van der Waals surface area contributed by atoms with Gasteiger partial charge in [0.1, 0.15) is 30.2 Å². The lowest BCUT2D eigenvalue weighted by molar-refractivity contribution is -0.277. The molecule has 8 heteroatoms. The summed E-state index contributed by atoms with van der Waals surface area (Å²) in [6.07, 6.45) is -6.64. The van der Waals surface area contributed by atoms with Crippen LogP contribution in [0.3, 0.4) is 0 Å². The Morgan fingerprint density at radius 1 is 1.18 bits per heavy atom. The minimum Gasteiger partial charge on any atom is -0.462 e. The fourth-order valence-electron chi connectivity index (χ4n) is 2.12. The van der Waals surface area contributed by atoms with E-state index in [2.05, 4.69) is 5.32 Å². The van der Waals surface area contributed by atoms with Crippen LogP contribution in [0.2, 0.25) is 0 Å². The number of hydrogen-bond acceptors (Lipinski definition) is 7. The summed E-state index contributed by atoms with van der Waals surface area (Å²) in [5.74, 6) is 0.126. The maximum absolute atomic E-state index is 10.9. The Kier molecular flexibility index (Phi) is 5.33. The third-order valence-corrected chi connectivity index (χ3v) is 3.28. The Hall–Kier alpha value is -1.71. The molecule has 0 spiro atoms. The highest BCUT2D eigenvalue weighted by atomic mass is 16.7. The van der Waals surface area contributed by atoms with Crippen LogP contribution in [-0.4, -0.2) is 63.6 Å². The van der Waals surface area contributed by atoms with Crippen LogP contribution in [0.15, 0.2) is 24.3 Å². The Balaban J connectivity index is 2.04. The molecule has 1 saturated heterocycles. The second kappa shape index (κ2) is 7.03. The number of anilines is 1. The van der Waals surface area contributed by atoms with Crippen LogP contribution in [0, 0.1) is 0 Å². The van der Waals surface area contributed by atoms with Gasteiger partial charge in [-0.1, -0.05) is 0 Å². The molecule has 0 bridgehead atoms. The van der Waals surface area contributed by atoms with Crippen LogP contribution in [0.1, 0.15) is 6.92 Å². The lowest BCUT2D eigenvalue weighted by Gasteiger charge is -2.39. The van der Waals surface area contributed by atoms with E-state index in [1.807, 2.05) is 0 Å². The number of rotatable bonds is 4. The number of hydrogen-bond donors (Lipinski definition) is 5. The Morgan fingerprint density at radius 3 is 2.36 bits per heavy atom. The highest BCUT2D eigenvalue weighted by Crippen LogP contribution is 2.25. The van der Waals surface area contributed by atoms with Crippen molar-refractivity contribution in [3.8, 4) is 5.75 Å². The lowest BCUT2D eigenvalue weighted by atomic mass is 9.99. The predicted molar refractivity (Wildman–Crippen MR) is 75.1 cm³/mol. The van der Waals surface area contributed by atoms with Crippen molar-refractivity contribution in [2.24, 2.45) is 0 Å². The Bertz CT molecular complexity index is 504. The monoisotopic (exact) mass is 313 g/mol. The van der Waals surface area contributed by atoms with Gasteiger partial charge in [-0.3, -0.25) is 4.79 Å². The van der Waals surface area contributed by atoms with E-state index in [4.69, 9.17) is 14.6 Å². The normalized spacial score (nSPS) is 31.6. The van der Waals surface area contributed by atoms with E-state index in [0.717, 1.165) is 0 Å². The average molecular weight is 313 g/mol. The fraction of sp³-hybridized carbons (Fsp3) is 0.500. The molecular formula is C14H19NO7. The molecule has 22 heavy (non-hydrogen) atoms. The van der Waals surface area contributed by atoms with Gasteiger partial charge in [-0.05, 0) is 24.3 Å². The van der Waals surface area contributed by atoms with Crippen molar-refractivity contribution in [2.75, 3.05) is 11.9 Å². The number of nitrogens with one attached hydrogen (secondary N) is 1. The van der Waals surface area contributed by atoms with Crippen LogP contribution in [-0.2, 0) is 9.53 Å². The van der Waals surface area contributed by atoms with E-state index in [9.17, 15) is 20.1 Å². The molecule has 122 valence electrons. The number of benzene rings is 1. The first-order valence-electron chi connectivity index (χ1n) is 6.77. The van der Waals surface area contributed by atoms with E-state index in [1.54, 1.807) is 24.3 Å². The van der Waals surface area contributed by atoms with Crippen LogP contribution in [0.25, 0.3) is 0 Å². The summed E-state index contributed by atoms with van der Waals surface area (Å²) < 4.78 is 10.6. The zero-order valence-corrected chi connectivity index (χ0v) is 11.9. The summed E-state index contributed by atoms with van der Waals surface area (Å²) >= 11 is 0. The van der Waals surface area contributed by atoms with Crippen molar-refractivity contribution < 1.29 is 34.7 Å². The highest BCUT2D eigenvalue weighted by Gasteiger charge is 2.44. The molecule has 1 amide bonds. The average Bonchev–Trinajstić information content (AvgIpc) is 2.49. The first kappa shape index (κ1) is 16.7. The SMILES string of the molecule is CC(=O)Nc1ccc(O[C@H]2OC(CO)[C@@H](O)C(O)[C@@H]2O)cc1. The third kappa shape index (κ3) is 3.73. The highest BCUT2D eigenvalue weighted by molar-refractivity contribution is 5.88. The molecule has 1 heterocycles. The van der Waals surface area contributed by atoms with Gasteiger partial charge in [0.05, 0.1) is 6.61 Å². The first-order valence-corrected chi connectivity index (χ1v) is 6.77. The van der Waals surface area contributed by atoms with E-state index >= 15 is 0 Å². The number of aliphatic hydroxyl groups is 4. The topological polar surface area (TPSA) is 128 Å². The molecule has 1 aromatic carbocycles. The van der Waals surface area contributed by atoms with Crippen molar-refractivity contribution in [1.82, 2.24) is 0 Å². The van der Waals surface area contributed by atoms with E-state index in [1.165, 1.54) is 6.92 Å². The first-order chi connectivity index (χ1) is 10.4. The molecule has 1 aromatic rings. The van der Waals surface area contributed by atoms with Crippen LogP contribution >= 0.6 is 0 Å². The molecule has 0 radical (unpaired) electrons. The predicted octanol–water partition coefficient (Wildman–Crippen LogP) is -1.18. The molecule has 1 aliphatic heterocycles. The molecule has 2 unspecified atom stereocenters. The molecular weight excluding hydrogens is 294 g/mol. The molecule has 0 aromatic heterocycles. The molecule has 0 aliphatic carbocycles. The summed E-state index contributed by atoms with van der Waals surface area (Å²) in [6.45, 7) is 0.866. The lowest BCUT2D eigenvalue weighted by Crippen LogP contribution is -2.60. The summed E-state index contributed by atoms with van der Waals surface area (Å²) in [7, 11) is 0. The smallest absolute Gasteiger partial charge is 0.229 e. The maximum atomic E-state index is 10.9. The van der Waals surface area contributed by atoms with Crippen LogP contribution in [0.4, 0.5) is 5.69 Å². The summed E-state index contributed by atoms with van der Waals surface area (Å²) in [5, 5.41) is 40.9. The molecule has 0 saturated carbocycles. The van der Waals surface area contributed by atoms with Gasteiger partial charge in [-0.2, -0.15) is 0 Å². The fourth-order valence-corrected chi connectivity index (χ4v) is 2.12. The number of carbonyl (C=O) groups excluding carboxylic acids is 1. The number of carbonyl (C=O) groups is 1. The number of amides is 1. The second-order valence-corrected chi connectivity index (χ2v) is 5.02. The zero-order chi connectivity index (χ0) is 16.3. The van der Waals surface area contributed by atoms with Gasteiger partial charge in [-0.25, -0.2) is 0 Å². The molecule has 1 fully saturated rings. The number of ether oxygens (including phenoxy) is 2. The second-order valence-electron chi connectivity index (χ2n) is 5.02. The van der Waals surface area contributed by atoms with Gasteiger partial charge < -0.3 is 35.2 Å². The zero-order valence-electron chi connectivity index (χ0n) is 11.9. The molecule has 2 rings (SSSR count). The molecule has 1 aliphatic rings. The quantitative estimate of drug-likeness (QED) is 0.473. The van der Waals surface area contributed by atoms with Crippen LogP contribution < -0.4 is 10.1 Å². The Morgan fingerprint density at radius 2 is 1.82 bits per heavy atom. The van der Waals surface area contributed by atoms with E-state index in [0.29, 0.717) is 11.4 Å². The van der Waals surface area contributed by atoms with Gasteiger partial charge in [0.15, 0.2) is 0 Å². The molecule has 5 atom stereocenters. The third-order valence-electron chi connectivity index (χ3n) is 3.28. The minimum atomic E-state index is -1.49. The number of aliphatic hydroxyl groups excluding tert-OH is 4.